The third-order valence-corrected chi connectivity index (χ3v) is 3.35. The highest BCUT2D eigenvalue weighted by molar-refractivity contribution is 4.78. The summed E-state index contributed by atoms with van der Waals surface area (Å²) in [5.74, 6) is 1.31. The summed E-state index contributed by atoms with van der Waals surface area (Å²) in [5, 5.41) is 9.37. The molecule has 0 aliphatic carbocycles. The van der Waals surface area contributed by atoms with Crippen LogP contribution in [-0.2, 0) is 0 Å². The van der Waals surface area contributed by atoms with Gasteiger partial charge < -0.3 is 5.11 Å². The zero-order chi connectivity index (χ0) is 10.5. The Labute approximate surface area is 83.5 Å². The van der Waals surface area contributed by atoms with E-state index in [0.29, 0.717) is 12.5 Å². The number of rotatable bonds is 6. The predicted molar refractivity (Wildman–Crippen MR) is 58.7 cm³/mol. The summed E-state index contributed by atoms with van der Waals surface area (Å²) >= 11 is 0. The van der Waals surface area contributed by atoms with Crippen molar-refractivity contribution >= 4 is 0 Å². The molecule has 0 aromatic rings. The van der Waals surface area contributed by atoms with Crippen LogP contribution < -0.4 is 0 Å². The van der Waals surface area contributed by atoms with Crippen molar-refractivity contribution in [3.8, 4) is 0 Å². The second-order valence-corrected chi connectivity index (χ2v) is 5.06. The largest absolute Gasteiger partial charge is 0.396 e. The topological polar surface area (TPSA) is 20.2 Å². The van der Waals surface area contributed by atoms with Gasteiger partial charge in [-0.15, -0.1) is 0 Å². The highest BCUT2D eigenvalue weighted by Crippen LogP contribution is 2.34. The van der Waals surface area contributed by atoms with Crippen molar-refractivity contribution in [1.82, 2.24) is 0 Å². The minimum atomic E-state index is 0.120. The van der Waals surface area contributed by atoms with Crippen LogP contribution in [0.2, 0.25) is 0 Å². The molecular weight excluding hydrogens is 160 g/mol. The predicted octanol–water partition coefficient (Wildman–Crippen LogP) is 3.47. The molecule has 0 fully saturated rings. The first-order chi connectivity index (χ1) is 5.96. The van der Waals surface area contributed by atoms with Gasteiger partial charge in [-0.1, -0.05) is 47.5 Å². The quantitative estimate of drug-likeness (QED) is 0.673. The van der Waals surface area contributed by atoms with E-state index in [2.05, 4.69) is 34.6 Å². The fourth-order valence-corrected chi connectivity index (χ4v) is 1.87. The van der Waals surface area contributed by atoms with Crippen LogP contribution in [0, 0.1) is 17.3 Å². The van der Waals surface area contributed by atoms with Crippen LogP contribution in [0.15, 0.2) is 0 Å². The van der Waals surface area contributed by atoms with Gasteiger partial charge >= 0.3 is 0 Å². The monoisotopic (exact) mass is 186 g/mol. The lowest BCUT2D eigenvalue weighted by atomic mass is 9.73. The summed E-state index contributed by atoms with van der Waals surface area (Å²) < 4.78 is 0. The minimum Gasteiger partial charge on any atom is -0.396 e. The van der Waals surface area contributed by atoms with Crippen molar-refractivity contribution in [3.05, 3.63) is 0 Å². The Kier molecular flexibility index (Phi) is 5.62. The van der Waals surface area contributed by atoms with Gasteiger partial charge in [-0.05, 0) is 23.7 Å². The molecule has 0 aliphatic heterocycles. The maximum atomic E-state index is 9.37. The van der Waals surface area contributed by atoms with Crippen molar-refractivity contribution in [2.75, 3.05) is 6.61 Å². The van der Waals surface area contributed by atoms with E-state index in [1.54, 1.807) is 0 Å². The van der Waals surface area contributed by atoms with Gasteiger partial charge in [-0.25, -0.2) is 0 Å². The molecule has 0 rings (SSSR count). The third kappa shape index (κ3) is 4.12. The zero-order valence-corrected chi connectivity index (χ0v) is 9.93. The first-order valence-corrected chi connectivity index (χ1v) is 5.57. The maximum Gasteiger partial charge on any atom is 0.0487 e. The van der Waals surface area contributed by atoms with E-state index in [1.165, 1.54) is 12.8 Å². The number of aliphatic hydroxyl groups is 1. The molecule has 80 valence electrons. The second kappa shape index (κ2) is 5.64. The van der Waals surface area contributed by atoms with E-state index in [0.717, 1.165) is 12.3 Å². The number of aliphatic hydroxyl groups excluding tert-OH is 1. The van der Waals surface area contributed by atoms with Gasteiger partial charge in [0, 0.05) is 6.61 Å². The fourth-order valence-electron chi connectivity index (χ4n) is 1.87. The van der Waals surface area contributed by atoms with Crippen LogP contribution in [0.5, 0.6) is 0 Å². The second-order valence-electron chi connectivity index (χ2n) is 5.06. The Bertz CT molecular complexity index is 131. The first kappa shape index (κ1) is 13.0. The van der Waals surface area contributed by atoms with E-state index in [4.69, 9.17) is 0 Å². The lowest BCUT2D eigenvalue weighted by Gasteiger charge is -2.34. The number of hydrogen-bond acceptors (Lipinski definition) is 1. The van der Waals surface area contributed by atoms with Gasteiger partial charge in [-0.2, -0.15) is 0 Å². The van der Waals surface area contributed by atoms with Gasteiger partial charge in [-0.3, -0.25) is 0 Å². The summed E-state index contributed by atoms with van der Waals surface area (Å²) in [6.07, 6.45) is 3.68. The molecule has 0 aromatic carbocycles. The molecule has 0 aliphatic rings. The van der Waals surface area contributed by atoms with Crippen molar-refractivity contribution in [2.24, 2.45) is 17.3 Å². The van der Waals surface area contributed by atoms with Crippen molar-refractivity contribution < 1.29 is 5.11 Å². The Morgan fingerprint density at radius 1 is 1.23 bits per heavy atom. The van der Waals surface area contributed by atoms with Crippen molar-refractivity contribution in [3.63, 3.8) is 0 Å². The van der Waals surface area contributed by atoms with E-state index in [1.807, 2.05) is 0 Å². The summed E-state index contributed by atoms with van der Waals surface area (Å²) in [7, 11) is 0. The smallest absolute Gasteiger partial charge is 0.0487 e. The molecule has 1 N–H and O–H groups in total. The lowest BCUT2D eigenvalue weighted by molar-refractivity contribution is 0.0684. The van der Waals surface area contributed by atoms with Gasteiger partial charge in [0.25, 0.3) is 0 Å². The highest BCUT2D eigenvalue weighted by Gasteiger charge is 2.28. The van der Waals surface area contributed by atoms with Gasteiger partial charge in [0.2, 0.25) is 0 Å². The first-order valence-electron chi connectivity index (χ1n) is 5.57. The Hall–Kier alpha value is -0.0400. The van der Waals surface area contributed by atoms with Crippen LogP contribution in [0.3, 0.4) is 0 Å². The Morgan fingerprint density at radius 2 is 1.77 bits per heavy atom. The average molecular weight is 186 g/mol. The molecule has 0 aromatic heterocycles. The molecular formula is C12H26O. The zero-order valence-electron chi connectivity index (χ0n) is 9.93. The summed E-state index contributed by atoms with van der Waals surface area (Å²) in [5.41, 5.74) is 0.120. The normalized spacial score (nSPS) is 18.7. The van der Waals surface area contributed by atoms with Crippen LogP contribution in [0.25, 0.3) is 0 Å². The van der Waals surface area contributed by atoms with Gasteiger partial charge in [0.15, 0.2) is 0 Å². The summed E-state index contributed by atoms with van der Waals surface area (Å²) in [4.78, 5) is 0. The molecule has 0 heterocycles. The molecule has 1 nitrogen and oxygen atoms in total. The van der Waals surface area contributed by atoms with Crippen LogP contribution in [-0.4, -0.2) is 11.7 Å². The molecule has 0 radical (unpaired) electrons. The van der Waals surface area contributed by atoms with E-state index in [-0.39, 0.29) is 5.41 Å². The Morgan fingerprint density at radius 3 is 2.08 bits per heavy atom. The highest BCUT2D eigenvalue weighted by atomic mass is 16.3. The summed E-state index contributed by atoms with van der Waals surface area (Å²) in [6, 6.07) is 0. The summed E-state index contributed by atoms with van der Waals surface area (Å²) in [6.45, 7) is 11.4. The van der Waals surface area contributed by atoms with Gasteiger partial charge in [0.1, 0.15) is 0 Å². The molecule has 2 unspecified atom stereocenters. The molecule has 0 saturated heterocycles. The third-order valence-electron chi connectivity index (χ3n) is 3.35. The lowest BCUT2D eigenvalue weighted by Crippen LogP contribution is -2.30. The van der Waals surface area contributed by atoms with Crippen LogP contribution >= 0.6 is 0 Å². The molecule has 1 heteroatoms. The standard InChI is InChI=1S/C12H26O/c1-6-7-11(4)8-12(5,9-13)10(2)3/h10-11,13H,6-9H2,1-5H3. The maximum absolute atomic E-state index is 9.37. The SMILES string of the molecule is CCCC(C)CC(C)(CO)C(C)C. The van der Waals surface area contributed by atoms with Crippen LogP contribution in [0.1, 0.15) is 53.9 Å². The van der Waals surface area contributed by atoms with Gasteiger partial charge in [0.05, 0.1) is 0 Å². The van der Waals surface area contributed by atoms with Crippen LogP contribution in [0.4, 0.5) is 0 Å². The Balaban J connectivity index is 4.10. The van der Waals surface area contributed by atoms with E-state index in [9.17, 15) is 5.11 Å². The van der Waals surface area contributed by atoms with E-state index >= 15 is 0 Å². The fraction of sp³-hybridized carbons (Fsp3) is 1.00. The van der Waals surface area contributed by atoms with Crippen molar-refractivity contribution in [2.45, 2.75) is 53.9 Å². The van der Waals surface area contributed by atoms with Crippen molar-refractivity contribution in [1.29, 1.82) is 0 Å². The average Bonchev–Trinajstić information content (AvgIpc) is 2.04. The molecule has 2 atom stereocenters. The molecule has 0 spiro atoms. The molecule has 13 heavy (non-hydrogen) atoms. The number of hydrogen-bond donors (Lipinski definition) is 1. The molecule has 0 amide bonds. The minimum absolute atomic E-state index is 0.120. The molecule has 0 saturated carbocycles. The molecule has 0 bridgehead atoms. The van der Waals surface area contributed by atoms with E-state index < -0.39 is 0 Å².